The normalized spacial score (nSPS) is 11.8. The van der Waals surface area contributed by atoms with Crippen molar-refractivity contribution < 1.29 is 13.2 Å². The standard InChI is InChI=1S/C10H13ClO3S/c1-7(2)8-4-9(14-3)6-10(5-8)15(11,12)13/h4-7H,1-3H3. The third-order valence-electron chi connectivity index (χ3n) is 2.09. The number of methoxy groups -OCH3 is 1. The van der Waals surface area contributed by atoms with Gasteiger partial charge in [0.25, 0.3) is 9.05 Å². The summed E-state index contributed by atoms with van der Waals surface area (Å²) in [7, 11) is 3.07. The minimum absolute atomic E-state index is 0.0761. The number of benzene rings is 1. The molecule has 0 saturated heterocycles. The topological polar surface area (TPSA) is 43.4 Å². The molecule has 0 aromatic heterocycles. The van der Waals surface area contributed by atoms with Crippen LogP contribution in [0, 0.1) is 0 Å². The van der Waals surface area contributed by atoms with Crippen LogP contribution in [0.15, 0.2) is 23.1 Å². The Morgan fingerprint density at radius 1 is 1.27 bits per heavy atom. The summed E-state index contributed by atoms with van der Waals surface area (Å²) in [6.07, 6.45) is 0. The molecule has 1 aromatic rings. The molecule has 0 atom stereocenters. The second-order valence-corrected chi connectivity index (χ2v) is 6.10. The first-order chi connectivity index (χ1) is 6.84. The molecule has 0 unspecified atom stereocenters. The van der Waals surface area contributed by atoms with Gasteiger partial charge in [0.1, 0.15) is 5.75 Å². The molecular weight excluding hydrogens is 236 g/mol. The fourth-order valence-electron chi connectivity index (χ4n) is 1.19. The summed E-state index contributed by atoms with van der Waals surface area (Å²) in [5.74, 6) is 0.720. The summed E-state index contributed by atoms with van der Waals surface area (Å²) in [6, 6.07) is 4.78. The fraction of sp³-hybridized carbons (Fsp3) is 0.400. The van der Waals surface area contributed by atoms with Gasteiger partial charge in [-0.1, -0.05) is 13.8 Å². The Morgan fingerprint density at radius 2 is 1.87 bits per heavy atom. The second-order valence-electron chi connectivity index (χ2n) is 3.53. The lowest BCUT2D eigenvalue weighted by Crippen LogP contribution is -1.96. The van der Waals surface area contributed by atoms with Gasteiger partial charge < -0.3 is 4.74 Å². The Balaban J connectivity index is 3.36. The van der Waals surface area contributed by atoms with E-state index in [0.29, 0.717) is 5.75 Å². The van der Waals surface area contributed by atoms with Crippen molar-refractivity contribution in [3.05, 3.63) is 23.8 Å². The molecule has 0 spiro atoms. The van der Waals surface area contributed by atoms with Gasteiger partial charge in [-0.05, 0) is 23.6 Å². The smallest absolute Gasteiger partial charge is 0.261 e. The monoisotopic (exact) mass is 248 g/mol. The third kappa shape index (κ3) is 3.11. The van der Waals surface area contributed by atoms with Crippen LogP contribution in [0.3, 0.4) is 0 Å². The van der Waals surface area contributed by atoms with Gasteiger partial charge in [-0.25, -0.2) is 8.42 Å². The van der Waals surface area contributed by atoms with Crippen LogP contribution in [0.5, 0.6) is 5.75 Å². The summed E-state index contributed by atoms with van der Waals surface area (Å²) in [6.45, 7) is 3.94. The van der Waals surface area contributed by atoms with Crippen molar-refractivity contribution in [2.75, 3.05) is 7.11 Å². The molecule has 1 rings (SSSR count). The van der Waals surface area contributed by atoms with Crippen molar-refractivity contribution in [3.8, 4) is 5.75 Å². The lowest BCUT2D eigenvalue weighted by molar-refractivity contribution is 0.412. The Labute approximate surface area is 94.4 Å². The zero-order chi connectivity index (χ0) is 11.6. The molecular formula is C10H13ClO3S. The van der Waals surface area contributed by atoms with E-state index in [1.807, 2.05) is 13.8 Å². The Hall–Kier alpha value is -0.740. The van der Waals surface area contributed by atoms with Gasteiger partial charge in [0.2, 0.25) is 0 Å². The highest BCUT2D eigenvalue weighted by atomic mass is 35.7. The molecule has 0 amide bonds. The predicted molar refractivity (Wildman–Crippen MR) is 60.1 cm³/mol. The maximum absolute atomic E-state index is 11.2. The van der Waals surface area contributed by atoms with E-state index in [9.17, 15) is 8.42 Å². The largest absolute Gasteiger partial charge is 0.497 e. The fourth-order valence-corrected chi connectivity index (χ4v) is 1.99. The highest BCUT2D eigenvalue weighted by Crippen LogP contribution is 2.27. The molecule has 0 bridgehead atoms. The van der Waals surface area contributed by atoms with E-state index >= 15 is 0 Å². The van der Waals surface area contributed by atoms with E-state index < -0.39 is 9.05 Å². The maximum Gasteiger partial charge on any atom is 0.261 e. The van der Waals surface area contributed by atoms with Gasteiger partial charge >= 0.3 is 0 Å². The van der Waals surface area contributed by atoms with E-state index in [-0.39, 0.29) is 10.8 Å². The van der Waals surface area contributed by atoms with Crippen LogP contribution in [0.2, 0.25) is 0 Å². The molecule has 0 N–H and O–H groups in total. The average molecular weight is 249 g/mol. The van der Waals surface area contributed by atoms with Crippen LogP contribution in [0.4, 0.5) is 0 Å². The Kier molecular flexibility index (Phi) is 3.62. The van der Waals surface area contributed by atoms with Crippen LogP contribution >= 0.6 is 10.7 Å². The van der Waals surface area contributed by atoms with E-state index in [1.54, 1.807) is 12.1 Å². The van der Waals surface area contributed by atoms with Gasteiger partial charge in [0, 0.05) is 16.7 Å². The Bertz CT molecular complexity index is 452. The van der Waals surface area contributed by atoms with Crippen molar-refractivity contribution in [2.24, 2.45) is 0 Å². The predicted octanol–water partition coefficient (Wildman–Crippen LogP) is 2.75. The summed E-state index contributed by atoms with van der Waals surface area (Å²) >= 11 is 0. The number of rotatable bonds is 3. The molecule has 0 fully saturated rings. The van der Waals surface area contributed by atoms with Crippen molar-refractivity contribution >= 4 is 19.7 Å². The molecule has 0 aliphatic heterocycles. The quantitative estimate of drug-likeness (QED) is 0.773. The van der Waals surface area contributed by atoms with Crippen LogP contribution in [-0.4, -0.2) is 15.5 Å². The maximum atomic E-state index is 11.2. The SMILES string of the molecule is COc1cc(C(C)C)cc(S(=O)(=O)Cl)c1. The van der Waals surface area contributed by atoms with Gasteiger partial charge in [-0.15, -0.1) is 0 Å². The van der Waals surface area contributed by atoms with Crippen LogP contribution in [0.25, 0.3) is 0 Å². The molecule has 5 heteroatoms. The van der Waals surface area contributed by atoms with Crippen LogP contribution in [-0.2, 0) is 9.05 Å². The molecule has 0 saturated carbocycles. The van der Waals surface area contributed by atoms with E-state index in [0.717, 1.165) is 5.56 Å². The molecule has 0 aliphatic rings. The molecule has 0 radical (unpaired) electrons. The first kappa shape index (κ1) is 12.3. The molecule has 0 heterocycles. The van der Waals surface area contributed by atoms with E-state index in [1.165, 1.54) is 13.2 Å². The summed E-state index contributed by atoms with van der Waals surface area (Å²) < 4.78 is 27.4. The molecule has 0 aliphatic carbocycles. The third-order valence-corrected chi connectivity index (χ3v) is 3.42. The summed E-state index contributed by atoms with van der Waals surface area (Å²) in [5, 5.41) is 0. The van der Waals surface area contributed by atoms with Crippen molar-refractivity contribution in [3.63, 3.8) is 0 Å². The van der Waals surface area contributed by atoms with Crippen LogP contribution < -0.4 is 4.74 Å². The summed E-state index contributed by atoms with van der Waals surface area (Å²) in [5.41, 5.74) is 0.883. The second kappa shape index (κ2) is 4.41. The first-order valence-corrected chi connectivity index (χ1v) is 6.79. The van der Waals surface area contributed by atoms with Gasteiger partial charge in [0.15, 0.2) is 0 Å². The van der Waals surface area contributed by atoms with E-state index in [4.69, 9.17) is 15.4 Å². The number of hydrogen-bond acceptors (Lipinski definition) is 3. The van der Waals surface area contributed by atoms with Crippen molar-refractivity contribution in [1.29, 1.82) is 0 Å². The minimum Gasteiger partial charge on any atom is -0.497 e. The zero-order valence-corrected chi connectivity index (χ0v) is 10.4. The molecule has 15 heavy (non-hydrogen) atoms. The number of hydrogen-bond donors (Lipinski definition) is 0. The van der Waals surface area contributed by atoms with Crippen LogP contribution in [0.1, 0.15) is 25.3 Å². The zero-order valence-electron chi connectivity index (χ0n) is 8.82. The molecule has 3 nitrogen and oxygen atoms in total. The van der Waals surface area contributed by atoms with Gasteiger partial charge in [-0.2, -0.15) is 0 Å². The van der Waals surface area contributed by atoms with Gasteiger partial charge in [-0.3, -0.25) is 0 Å². The lowest BCUT2D eigenvalue weighted by atomic mass is 10.0. The number of halogens is 1. The minimum atomic E-state index is -3.70. The highest BCUT2D eigenvalue weighted by Gasteiger charge is 2.14. The Morgan fingerprint density at radius 3 is 2.27 bits per heavy atom. The average Bonchev–Trinajstić information content (AvgIpc) is 2.15. The first-order valence-electron chi connectivity index (χ1n) is 4.48. The number of ether oxygens (including phenoxy) is 1. The molecule has 1 aromatic carbocycles. The highest BCUT2D eigenvalue weighted by molar-refractivity contribution is 8.13. The van der Waals surface area contributed by atoms with Crippen molar-refractivity contribution in [2.45, 2.75) is 24.7 Å². The van der Waals surface area contributed by atoms with E-state index in [2.05, 4.69) is 0 Å². The molecule has 84 valence electrons. The summed E-state index contributed by atoms with van der Waals surface area (Å²) in [4.78, 5) is 0.0761. The van der Waals surface area contributed by atoms with Crippen molar-refractivity contribution in [1.82, 2.24) is 0 Å². The van der Waals surface area contributed by atoms with Gasteiger partial charge in [0.05, 0.1) is 12.0 Å². The lowest BCUT2D eigenvalue weighted by Gasteiger charge is -2.09.